The topological polar surface area (TPSA) is 84.9 Å². The maximum Gasteiger partial charge on any atom is 0.293 e. The first-order chi connectivity index (χ1) is 18.2. The van der Waals surface area contributed by atoms with Crippen LogP contribution in [0.5, 0.6) is 11.5 Å². The number of benzene rings is 3. The molecular weight excluding hydrogens is 571 g/mol. The van der Waals surface area contributed by atoms with Gasteiger partial charge in [-0.3, -0.25) is 19.3 Å². The minimum Gasteiger partial charge on any atom is -0.490 e. The number of ether oxygens (including phenoxy) is 2. The van der Waals surface area contributed by atoms with Crippen LogP contribution in [0.4, 0.5) is 10.5 Å². The molecule has 1 fully saturated rings. The molecule has 4 rings (SSSR count). The largest absolute Gasteiger partial charge is 0.490 e. The van der Waals surface area contributed by atoms with Crippen LogP contribution in [0.25, 0.3) is 6.08 Å². The van der Waals surface area contributed by atoms with Crippen molar-refractivity contribution < 1.29 is 23.9 Å². The zero-order valence-electron chi connectivity index (χ0n) is 20.0. The van der Waals surface area contributed by atoms with Crippen molar-refractivity contribution in [3.63, 3.8) is 0 Å². The molecule has 1 aliphatic rings. The maximum atomic E-state index is 13.0. The third-order valence-corrected chi connectivity index (χ3v) is 7.11. The van der Waals surface area contributed by atoms with Crippen molar-refractivity contribution in [3.8, 4) is 11.5 Å². The second-order valence-corrected chi connectivity index (χ2v) is 10.2. The number of nitrogens with one attached hydrogen (secondary N) is 1. The van der Waals surface area contributed by atoms with E-state index in [0.717, 1.165) is 16.7 Å². The Kier molecular flexibility index (Phi) is 9.22. The van der Waals surface area contributed by atoms with Crippen molar-refractivity contribution in [2.45, 2.75) is 13.5 Å². The van der Waals surface area contributed by atoms with Gasteiger partial charge in [0.05, 0.1) is 28.1 Å². The predicted octanol–water partition coefficient (Wildman–Crippen LogP) is 7.30. The van der Waals surface area contributed by atoms with Gasteiger partial charge in [0, 0.05) is 10.7 Å². The molecule has 0 radical (unpaired) electrons. The lowest BCUT2D eigenvalue weighted by Gasteiger charge is -2.13. The minimum atomic E-state index is -0.415. The van der Waals surface area contributed by atoms with Gasteiger partial charge in [-0.05, 0) is 78.4 Å². The van der Waals surface area contributed by atoms with Gasteiger partial charge < -0.3 is 14.8 Å². The molecule has 1 N–H and O–H groups in total. The van der Waals surface area contributed by atoms with Crippen molar-refractivity contribution in [1.29, 1.82) is 0 Å². The number of halogens is 3. The molecule has 196 valence electrons. The smallest absolute Gasteiger partial charge is 0.293 e. The second kappa shape index (κ2) is 12.6. The molecule has 0 aromatic heterocycles. The highest BCUT2D eigenvalue weighted by Crippen LogP contribution is 2.36. The van der Waals surface area contributed by atoms with Crippen LogP contribution in [0, 0.1) is 0 Å². The Hall–Kier alpha value is -3.17. The molecular formula is C27H21Cl3N2O5S. The van der Waals surface area contributed by atoms with E-state index in [4.69, 9.17) is 44.3 Å². The molecule has 0 bridgehead atoms. The third-order valence-electron chi connectivity index (χ3n) is 5.23. The monoisotopic (exact) mass is 590 g/mol. The van der Waals surface area contributed by atoms with E-state index in [1.54, 1.807) is 66.7 Å². The summed E-state index contributed by atoms with van der Waals surface area (Å²) in [6.45, 7) is 2.00. The van der Waals surface area contributed by atoms with Gasteiger partial charge in [-0.2, -0.15) is 0 Å². The number of nitrogens with zero attached hydrogens (tertiary/aromatic N) is 1. The molecule has 11 heteroatoms. The van der Waals surface area contributed by atoms with E-state index in [1.807, 2.05) is 6.92 Å². The molecule has 7 nitrogen and oxygen atoms in total. The molecule has 1 aliphatic heterocycles. The first-order valence-corrected chi connectivity index (χ1v) is 13.3. The van der Waals surface area contributed by atoms with Gasteiger partial charge in [0.25, 0.3) is 17.1 Å². The van der Waals surface area contributed by atoms with E-state index in [2.05, 4.69) is 5.32 Å². The Labute approximate surface area is 238 Å². The predicted molar refractivity (Wildman–Crippen MR) is 151 cm³/mol. The molecule has 38 heavy (non-hydrogen) atoms. The van der Waals surface area contributed by atoms with E-state index in [0.29, 0.717) is 50.0 Å². The van der Waals surface area contributed by atoms with Crippen LogP contribution >= 0.6 is 46.6 Å². The van der Waals surface area contributed by atoms with E-state index >= 15 is 0 Å². The van der Waals surface area contributed by atoms with E-state index in [1.165, 1.54) is 0 Å². The van der Waals surface area contributed by atoms with Crippen molar-refractivity contribution in [1.82, 2.24) is 4.90 Å². The molecule has 3 amide bonds. The summed E-state index contributed by atoms with van der Waals surface area (Å²) in [5.74, 6) is -0.0266. The molecule has 1 heterocycles. The summed E-state index contributed by atoms with van der Waals surface area (Å²) in [5.41, 5.74) is 1.87. The molecule has 0 atom stereocenters. The van der Waals surface area contributed by atoms with Crippen molar-refractivity contribution >= 4 is 75.4 Å². The standard InChI is InChI=1S/C27H21Cl3N2O5S/c1-2-36-23-11-16(7-9-22(23)37-15-25(33)31-19-5-3-4-18(28)13-19)12-24-26(34)32(27(35)38-24)14-17-6-8-20(29)21(30)10-17/h3-13H,2,14-15H2,1H3,(H,31,33)/b24-12+. The number of hydrogen-bond acceptors (Lipinski definition) is 6. The third kappa shape index (κ3) is 7.02. The summed E-state index contributed by atoms with van der Waals surface area (Å²) in [5, 5.41) is 3.57. The molecule has 3 aromatic carbocycles. The van der Waals surface area contributed by atoms with Gasteiger partial charge in [0.2, 0.25) is 0 Å². The fourth-order valence-corrected chi connectivity index (χ4v) is 4.87. The number of hydrogen-bond donors (Lipinski definition) is 1. The highest BCUT2D eigenvalue weighted by molar-refractivity contribution is 8.18. The first kappa shape index (κ1) is 27.9. The number of anilines is 1. The number of carbonyl (C=O) groups excluding carboxylic acids is 3. The van der Waals surface area contributed by atoms with Gasteiger partial charge in [0.1, 0.15) is 0 Å². The van der Waals surface area contributed by atoms with Gasteiger partial charge >= 0.3 is 0 Å². The highest BCUT2D eigenvalue weighted by Gasteiger charge is 2.35. The van der Waals surface area contributed by atoms with Crippen LogP contribution < -0.4 is 14.8 Å². The fourth-order valence-electron chi connectivity index (χ4n) is 3.52. The van der Waals surface area contributed by atoms with Gasteiger partial charge in [-0.1, -0.05) is 53.0 Å². The molecule has 1 saturated heterocycles. The zero-order valence-corrected chi connectivity index (χ0v) is 23.1. The average molecular weight is 592 g/mol. The molecule has 0 unspecified atom stereocenters. The quantitative estimate of drug-likeness (QED) is 0.263. The summed E-state index contributed by atoms with van der Waals surface area (Å²) in [6, 6.07) is 16.8. The SMILES string of the molecule is CCOc1cc(/C=C2/SC(=O)N(Cc3ccc(Cl)c(Cl)c3)C2=O)ccc1OCC(=O)Nc1cccc(Cl)c1. The normalized spacial score (nSPS) is 14.2. The Morgan fingerprint density at radius 1 is 0.974 bits per heavy atom. The number of carbonyl (C=O) groups is 3. The highest BCUT2D eigenvalue weighted by atomic mass is 35.5. The van der Waals surface area contributed by atoms with E-state index < -0.39 is 5.91 Å². The Morgan fingerprint density at radius 2 is 1.79 bits per heavy atom. The first-order valence-electron chi connectivity index (χ1n) is 11.4. The minimum absolute atomic E-state index is 0.0765. The number of thioether (sulfide) groups is 1. The van der Waals surface area contributed by atoms with Crippen molar-refractivity contribution in [2.75, 3.05) is 18.5 Å². The Bertz CT molecular complexity index is 1430. The number of amides is 3. The van der Waals surface area contributed by atoms with Crippen LogP contribution in [0.15, 0.2) is 65.6 Å². The van der Waals surface area contributed by atoms with Crippen LogP contribution in [-0.2, 0) is 16.1 Å². The van der Waals surface area contributed by atoms with Crippen molar-refractivity contribution in [2.24, 2.45) is 0 Å². The van der Waals surface area contributed by atoms with E-state index in [9.17, 15) is 14.4 Å². The Morgan fingerprint density at radius 3 is 2.53 bits per heavy atom. The van der Waals surface area contributed by atoms with Crippen LogP contribution in [0.2, 0.25) is 15.1 Å². The van der Waals surface area contributed by atoms with Gasteiger partial charge in [0.15, 0.2) is 18.1 Å². The number of imide groups is 1. The molecule has 0 aliphatic carbocycles. The lowest BCUT2D eigenvalue weighted by atomic mass is 10.1. The Balaban J connectivity index is 1.44. The lowest BCUT2D eigenvalue weighted by Crippen LogP contribution is -2.27. The van der Waals surface area contributed by atoms with Crippen molar-refractivity contribution in [3.05, 3.63) is 91.8 Å². The molecule has 0 saturated carbocycles. The number of rotatable bonds is 9. The van der Waals surface area contributed by atoms with Gasteiger partial charge in [-0.25, -0.2) is 0 Å². The van der Waals surface area contributed by atoms with E-state index in [-0.39, 0.29) is 29.2 Å². The molecule has 3 aromatic rings. The summed E-state index contributed by atoms with van der Waals surface area (Å²) in [7, 11) is 0. The average Bonchev–Trinajstić information content (AvgIpc) is 3.13. The summed E-state index contributed by atoms with van der Waals surface area (Å²) in [6.07, 6.45) is 1.61. The summed E-state index contributed by atoms with van der Waals surface area (Å²) in [4.78, 5) is 39.2. The van der Waals surface area contributed by atoms with Crippen LogP contribution in [0.1, 0.15) is 18.1 Å². The fraction of sp³-hybridized carbons (Fsp3) is 0.148. The van der Waals surface area contributed by atoms with Crippen LogP contribution in [-0.4, -0.2) is 35.2 Å². The second-order valence-electron chi connectivity index (χ2n) is 8.00. The zero-order chi connectivity index (χ0) is 27.2. The lowest BCUT2D eigenvalue weighted by molar-refractivity contribution is -0.123. The van der Waals surface area contributed by atoms with Gasteiger partial charge in [-0.15, -0.1) is 0 Å². The van der Waals surface area contributed by atoms with Crippen LogP contribution in [0.3, 0.4) is 0 Å². The molecule has 0 spiro atoms. The summed E-state index contributed by atoms with van der Waals surface area (Å²) < 4.78 is 11.4. The maximum absolute atomic E-state index is 13.0. The summed E-state index contributed by atoms with van der Waals surface area (Å²) >= 11 is 18.8.